The predicted molar refractivity (Wildman–Crippen MR) is 119 cm³/mol. The molecule has 6 nitrogen and oxygen atoms in total. The molecule has 1 saturated heterocycles. The Morgan fingerprint density at radius 1 is 1.06 bits per heavy atom. The van der Waals surface area contributed by atoms with E-state index >= 15 is 0 Å². The minimum atomic E-state index is -0.623. The fourth-order valence-corrected chi connectivity index (χ4v) is 3.82. The van der Waals surface area contributed by atoms with E-state index in [0.717, 1.165) is 11.1 Å². The first-order valence-corrected chi connectivity index (χ1v) is 10.9. The van der Waals surface area contributed by atoms with E-state index in [4.69, 9.17) is 4.74 Å². The summed E-state index contributed by atoms with van der Waals surface area (Å²) < 4.78 is 19.8. The van der Waals surface area contributed by atoms with Gasteiger partial charge in [0.2, 0.25) is 5.91 Å². The molecule has 7 heteroatoms. The lowest BCUT2D eigenvalue weighted by molar-refractivity contribution is -0.151. The summed E-state index contributed by atoms with van der Waals surface area (Å²) in [6, 6.07) is 12.2. The third-order valence-corrected chi connectivity index (χ3v) is 5.77. The quantitative estimate of drug-likeness (QED) is 0.643. The van der Waals surface area contributed by atoms with Crippen LogP contribution in [-0.4, -0.2) is 60.9 Å². The number of carbonyl (C=O) groups excluding carboxylic acids is 3. The van der Waals surface area contributed by atoms with E-state index in [9.17, 15) is 18.8 Å². The summed E-state index contributed by atoms with van der Waals surface area (Å²) in [4.78, 5) is 40.1. The molecule has 1 aliphatic heterocycles. The molecule has 1 heterocycles. The normalized spacial score (nSPS) is 14.2. The Morgan fingerprint density at radius 3 is 2.28 bits per heavy atom. The number of halogens is 1. The van der Waals surface area contributed by atoms with Crippen molar-refractivity contribution in [3.8, 4) is 11.1 Å². The Balaban J connectivity index is 1.59. The number of piperidine rings is 1. The van der Waals surface area contributed by atoms with Crippen molar-refractivity contribution in [3.05, 3.63) is 59.4 Å². The lowest BCUT2D eigenvalue weighted by Gasteiger charge is -2.32. The number of ether oxygens (including phenoxy) is 1. The van der Waals surface area contributed by atoms with Gasteiger partial charge in [0, 0.05) is 20.1 Å². The zero-order valence-electron chi connectivity index (χ0n) is 18.8. The average Bonchev–Trinajstić information content (AvgIpc) is 2.79. The van der Waals surface area contributed by atoms with E-state index in [1.54, 1.807) is 17.9 Å². The number of aryl methyl sites for hydroxylation is 1. The molecule has 0 aromatic heterocycles. The maximum atomic E-state index is 14.7. The van der Waals surface area contributed by atoms with E-state index < -0.39 is 11.7 Å². The van der Waals surface area contributed by atoms with E-state index in [1.165, 1.54) is 24.1 Å². The average molecular weight is 441 g/mol. The number of amides is 2. The highest BCUT2D eigenvalue weighted by atomic mass is 19.1. The van der Waals surface area contributed by atoms with Crippen LogP contribution in [0.25, 0.3) is 11.1 Å². The van der Waals surface area contributed by atoms with Crippen LogP contribution in [0, 0.1) is 18.7 Å². The maximum absolute atomic E-state index is 14.7. The molecule has 2 aromatic rings. The number of rotatable bonds is 6. The number of benzene rings is 2. The van der Waals surface area contributed by atoms with Gasteiger partial charge >= 0.3 is 5.97 Å². The Bertz CT molecular complexity index is 982. The van der Waals surface area contributed by atoms with Crippen molar-refractivity contribution in [2.45, 2.75) is 26.7 Å². The third kappa shape index (κ3) is 5.52. The molecule has 0 saturated carbocycles. The molecule has 0 bridgehead atoms. The molecule has 2 amide bonds. The lowest BCUT2D eigenvalue weighted by atomic mass is 9.97. The largest absolute Gasteiger partial charge is 0.466 e. The van der Waals surface area contributed by atoms with E-state index in [-0.39, 0.29) is 29.9 Å². The van der Waals surface area contributed by atoms with Gasteiger partial charge in [0.25, 0.3) is 5.91 Å². The first kappa shape index (κ1) is 23.4. The van der Waals surface area contributed by atoms with Gasteiger partial charge < -0.3 is 14.5 Å². The van der Waals surface area contributed by atoms with E-state index in [2.05, 4.69) is 0 Å². The van der Waals surface area contributed by atoms with Gasteiger partial charge in [0.05, 0.1) is 24.6 Å². The number of carbonyl (C=O) groups is 3. The number of esters is 1. The monoisotopic (exact) mass is 440 g/mol. The Hall–Kier alpha value is -3.22. The number of hydrogen-bond acceptors (Lipinski definition) is 4. The van der Waals surface area contributed by atoms with Crippen molar-refractivity contribution in [1.29, 1.82) is 0 Å². The molecule has 0 N–H and O–H groups in total. The van der Waals surface area contributed by atoms with Crippen LogP contribution in [0.15, 0.2) is 42.5 Å². The molecular formula is C25H29FN2O4. The number of likely N-dealkylation sites (N-methyl/N-ethyl adjacent to an activating group) is 1. The third-order valence-electron chi connectivity index (χ3n) is 5.77. The van der Waals surface area contributed by atoms with Crippen LogP contribution in [0.4, 0.5) is 4.39 Å². The molecule has 0 unspecified atom stereocenters. The van der Waals surface area contributed by atoms with Crippen molar-refractivity contribution < 1.29 is 23.5 Å². The van der Waals surface area contributed by atoms with Crippen LogP contribution >= 0.6 is 0 Å². The first-order chi connectivity index (χ1) is 15.3. The molecule has 3 rings (SSSR count). The predicted octanol–water partition coefficient (Wildman–Crippen LogP) is 3.67. The minimum absolute atomic E-state index is 0.0721. The zero-order valence-corrected chi connectivity index (χ0v) is 18.8. The van der Waals surface area contributed by atoms with Crippen molar-refractivity contribution >= 4 is 17.8 Å². The van der Waals surface area contributed by atoms with Crippen molar-refractivity contribution in [3.63, 3.8) is 0 Å². The highest BCUT2D eigenvalue weighted by Crippen LogP contribution is 2.23. The summed E-state index contributed by atoms with van der Waals surface area (Å²) in [5, 5.41) is 0. The van der Waals surface area contributed by atoms with Crippen molar-refractivity contribution in [2.75, 3.05) is 33.3 Å². The number of likely N-dealkylation sites (tertiary alicyclic amines) is 1. The first-order valence-electron chi connectivity index (χ1n) is 10.9. The van der Waals surface area contributed by atoms with Gasteiger partial charge in [-0.2, -0.15) is 0 Å². The van der Waals surface area contributed by atoms with Crippen molar-refractivity contribution in [1.82, 2.24) is 9.80 Å². The van der Waals surface area contributed by atoms with Crippen LogP contribution in [0.3, 0.4) is 0 Å². The topological polar surface area (TPSA) is 66.9 Å². The minimum Gasteiger partial charge on any atom is -0.466 e. The smallest absolute Gasteiger partial charge is 0.309 e. The van der Waals surface area contributed by atoms with Gasteiger partial charge in [-0.3, -0.25) is 14.4 Å². The van der Waals surface area contributed by atoms with Crippen LogP contribution in [0.1, 0.15) is 35.7 Å². The summed E-state index contributed by atoms with van der Waals surface area (Å²) in [5.41, 5.74) is 2.58. The molecule has 0 atom stereocenters. The van der Waals surface area contributed by atoms with Crippen molar-refractivity contribution in [2.24, 2.45) is 5.92 Å². The fourth-order valence-electron chi connectivity index (χ4n) is 3.82. The molecule has 0 spiro atoms. The second-order valence-corrected chi connectivity index (χ2v) is 8.13. The molecule has 170 valence electrons. The number of hydrogen-bond donors (Lipinski definition) is 0. The summed E-state index contributed by atoms with van der Waals surface area (Å²) in [6.07, 6.45) is 1.08. The van der Waals surface area contributed by atoms with E-state index in [1.807, 2.05) is 31.2 Å². The highest BCUT2D eigenvalue weighted by molar-refractivity contribution is 5.97. The Morgan fingerprint density at radius 2 is 1.69 bits per heavy atom. The molecule has 1 aliphatic rings. The molecule has 0 radical (unpaired) electrons. The molecule has 32 heavy (non-hydrogen) atoms. The maximum Gasteiger partial charge on any atom is 0.309 e. The lowest BCUT2D eigenvalue weighted by Crippen LogP contribution is -2.45. The highest BCUT2D eigenvalue weighted by Gasteiger charge is 2.29. The molecule has 0 aliphatic carbocycles. The SMILES string of the molecule is CCOC(=O)C1CCN(C(=O)CN(C)C(=O)c2ccc(-c3ccc(C)cc3)cc2F)CC1. The van der Waals surface area contributed by atoms with Gasteiger partial charge in [-0.1, -0.05) is 35.9 Å². The summed E-state index contributed by atoms with van der Waals surface area (Å²) in [6.45, 7) is 4.80. The Kier molecular flexibility index (Phi) is 7.62. The number of nitrogens with zero attached hydrogens (tertiary/aromatic N) is 2. The second kappa shape index (κ2) is 10.4. The molecule has 2 aromatic carbocycles. The van der Waals surface area contributed by atoms with Gasteiger partial charge in [0.1, 0.15) is 5.82 Å². The van der Waals surface area contributed by atoms with Crippen LogP contribution in [-0.2, 0) is 14.3 Å². The van der Waals surface area contributed by atoms with Gasteiger partial charge in [-0.25, -0.2) is 4.39 Å². The summed E-state index contributed by atoms with van der Waals surface area (Å²) in [7, 11) is 1.49. The second-order valence-electron chi connectivity index (χ2n) is 8.13. The molecule has 1 fully saturated rings. The summed E-state index contributed by atoms with van der Waals surface area (Å²) in [5.74, 6) is -1.81. The van der Waals surface area contributed by atoms with Gasteiger partial charge in [0.15, 0.2) is 0 Å². The Labute approximate surface area is 188 Å². The van der Waals surface area contributed by atoms with Crippen LogP contribution in [0.5, 0.6) is 0 Å². The fraction of sp³-hybridized carbons (Fsp3) is 0.400. The van der Waals surface area contributed by atoms with Gasteiger partial charge in [-0.05, 0) is 49.9 Å². The summed E-state index contributed by atoms with van der Waals surface area (Å²) >= 11 is 0. The standard InChI is InChI=1S/C25H29FN2O4/c1-4-32-25(31)19-11-13-28(14-12-19)23(29)16-27(3)24(30)21-10-9-20(15-22(21)26)18-7-5-17(2)6-8-18/h5-10,15,19H,4,11-14,16H2,1-3H3. The van der Waals surface area contributed by atoms with Crippen LogP contribution < -0.4 is 0 Å². The van der Waals surface area contributed by atoms with E-state index in [0.29, 0.717) is 38.1 Å². The van der Waals surface area contributed by atoms with Crippen LogP contribution in [0.2, 0.25) is 0 Å². The van der Waals surface area contributed by atoms with Gasteiger partial charge in [-0.15, -0.1) is 0 Å². The zero-order chi connectivity index (χ0) is 23.3. The molecular weight excluding hydrogens is 411 g/mol.